The number of hydrogen-bond donors (Lipinski definition) is 0. The molecule has 0 radical (unpaired) electrons. The molecule has 0 heteroatoms. The van der Waals surface area contributed by atoms with Gasteiger partial charge in [-0.05, 0) is 98.0 Å². The van der Waals surface area contributed by atoms with Crippen LogP contribution in [0.5, 0.6) is 0 Å². The summed E-state index contributed by atoms with van der Waals surface area (Å²) in [6.07, 6.45) is 13.7. The van der Waals surface area contributed by atoms with Crippen molar-refractivity contribution >= 4 is 0 Å². The third-order valence-electron chi connectivity index (χ3n) is 7.19. The van der Waals surface area contributed by atoms with Gasteiger partial charge < -0.3 is 0 Å². The first-order chi connectivity index (χ1) is 9.82. The van der Waals surface area contributed by atoms with E-state index in [1.165, 1.54) is 19.3 Å². The van der Waals surface area contributed by atoms with Crippen LogP contribution in [-0.4, -0.2) is 0 Å². The number of aryl methyl sites for hydroxylation is 1. The van der Waals surface area contributed by atoms with E-state index in [1.54, 1.807) is 49.7 Å². The van der Waals surface area contributed by atoms with Gasteiger partial charge in [0.25, 0.3) is 0 Å². The van der Waals surface area contributed by atoms with E-state index in [4.69, 9.17) is 0 Å². The summed E-state index contributed by atoms with van der Waals surface area (Å²) in [5.41, 5.74) is 4.14. The van der Waals surface area contributed by atoms with E-state index in [2.05, 4.69) is 24.3 Å². The lowest BCUT2D eigenvalue weighted by Gasteiger charge is -2.60. The first kappa shape index (κ1) is 11.8. The molecule has 4 saturated carbocycles. The fourth-order valence-electron chi connectivity index (χ4n) is 6.99. The lowest BCUT2D eigenvalue weighted by molar-refractivity contribution is -0.0714. The lowest BCUT2D eigenvalue weighted by atomic mass is 9.45. The summed E-state index contributed by atoms with van der Waals surface area (Å²) >= 11 is 0. The van der Waals surface area contributed by atoms with Crippen LogP contribution in [-0.2, 0) is 6.42 Å². The van der Waals surface area contributed by atoms with Crippen LogP contribution in [0, 0.1) is 23.2 Å². The molecule has 1 atom stereocenters. The standard InChI is InChI=1S/C20H26/c1-2-6-18-17(4-1)5-3-7-19(18)20-11-14-8-15(12-20)10-16(9-14)13-20/h1-2,4,6,14-16,19H,3,5,7-13H2/t14?,15?,16?,19-,20?/m1/s1. The highest BCUT2D eigenvalue weighted by Crippen LogP contribution is 2.66. The first-order valence-electron chi connectivity index (χ1n) is 8.90. The summed E-state index contributed by atoms with van der Waals surface area (Å²) < 4.78 is 0. The second-order valence-corrected chi connectivity index (χ2v) is 8.42. The summed E-state index contributed by atoms with van der Waals surface area (Å²) in [6, 6.07) is 9.41. The fraction of sp³-hybridized carbons (Fsp3) is 0.700. The number of benzene rings is 1. The zero-order valence-electron chi connectivity index (χ0n) is 12.5. The lowest BCUT2D eigenvalue weighted by Crippen LogP contribution is -2.49. The molecule has 4 fully saturated rings. The van der Waals surface area contributed by atoms with Gasteiger partial charge in [0.1, 0.15) is 0 Å². The molecular weight excluding hydrogens is 240 g/mol. The van der Waals surface area contributed by atoms with Crippen LogP contribution in [0.15, 0.2) is 24.3 Å². The summed E-state index contributed by atoms with van der Waals surface area (Å²) in [7, 11) is 0. The van der Waals surface area contributed by atoms with E-state index in [1.807, 2.05) is 0 Å². The zero-order valence-corrected chi connectivity index (χ0v) is 12.5. The molecule has 0 aromatic heterocycles. The Labute approximate surface area is 123 Å². The largest absolute Gasteiger partial charge is 0.0620 e. The molecule has 106 valence electrons. The van der Waals surface area contributed by atoms with Gasteiger partial charge in [0, 0.05) is 0 Å². The molecule has 0 saturated heterocycles. The average molecular weight is 266 g/mol. The van der Waals surface area contributed by atoms with Crippen LogP contribution < -0.4 is 0 Å². The predicted molar refractivity (Wildman–Crippen MR) is 82.7 cm³/mol. The van der Waals surface area contributed by atoms with Gasteiger partial charge in [-0.15, -0.1) is 0 Å². The van der Waals surface area contributed by atoms with Gasteiger partial charge in [-0.1, -0.05) is 24.3 Å². The SMILES string of the molecule is c1ccc2c(c1)CCC[C@H]2C12CC3CC(CC(C3)C1)C2. The molecule has 0 nitrogen and oxygen atoms in total. The van der Waals surface area contributed by atoms with E-state index in [0.717, 1.165) is 23.7 Å². The minimum atomic E-state index is 0.714. The maximum absolute atomic E-state index is 2.47. The molecule has 5 aliphatic carbocycles. The molecule has 20 heavy (non-hydrogen) atoms. The van der Waals surface area contributed by atoms with Crippen LogP contribution in [0.1, 0.15) is 68.4 Å². The third kappa shape index (κ3) is 1.60. The minimum Gasteiger partial charge on any atom is -0.0620 e. The molecule has 6 rings (SSSR count). The van der Waals surface area contributed by atoms with Crippen molar-refractivity contribution in [3.05, 3.63) is 35.4 Å². The molecule has 0 spiro atoms. The molecule has 0 amide bonds. The smallest absolute Gasteiger partial charge is 0.0102 e. The monoisotopic (exact) mass is 266 g/mol. The van der Waals surface area contributed by atoms with E-state index in [-0.39, 0.29) is 0 Å². The van der Waals surface area contributed by atoms with E-state index < -0.39 is 0 Å². The molecule has 0 unspecified atom stereocenters. The van der Waals surface area contributed by atoms with E-state index >= 15 is 0 Å². The third-order valence-corrected chi connectivity index (χ3v) is 7.19. The molecule has 5 aliphatic rings. The second-order valence-electron chi connectivity index (χ2n) is 8.42. The minimum absolute atomic E-state index is 0.714. The van der Waals surface area contributed by atoms with Crippen LogP contribution >= 0.6 is 0 Å². The van der Waals surface area contributed by atoms with Crippen molar-refractivity contribution in [2.24, 2.45) is 23.2 Å². The fourth-order valence-corrected chi connectivity index (χ4v) is 6.99. The van der Waals surface area contributed by atoms with E-state index in [9.17, 15) is 0 Å². The van der Waals surface area contributed by atoms with Gasteiger partial charge in [0.15, 0.2) is 0 Å². The summed E-state index contributed by atoms with van der Waals surface area (Å²) in [6.45, 7) is 0. The van der Waals surface area contributed by atoms with Crippen molar-refractivity contribution in [2.75, 3.05) is 0 Å². The van der Waals surface area contributed by atoms with Crippen LogP contribution in [0.3, 0.4) is 0 Å². The van der Waals surface area contributed by atoms with Crippen molar-refractivity contribution in [3.63, 3.8) is 0 Å². The van der Waals surface area contributed by atoms with Gasteiger partial charge in [-0.3, -0.25) is 0 Å². The Balaban J connectivity index is 1.57. The van der Waals surface area contributed by atoms with E-state index in [0.29, 0.717) is 5.41 Å². The number of hydrogen-bond acceptors (Lipinski definition) is 0. The van der Waals surface area contributed by atoms with Crippen LogP contribution in [0.4, 0.5) is 0 Å². The first-order valence-corrected chi connectivity index (χ1v) is 8.90. The zero-order chi connectivity index (χ0) is 13.2. The normalized spacial score (nSPS) is 45.4. The van der Waals surface area contributed by atoms with Crippen molar-refractivity contribution in [1.82, 2.24) is 0 Å². The average Bonchev–Trinajstić information content (AvgIpc) is 2.45. The molecule has 1 aromatic rings. The van der Waals surface area contributed by atoms with Gasteiger partial charge in [-0.25, -0.2) is 0 Å². The molecule has 1 aromatic carbocycles. The predicted octanol–water partition coefficient (Wildman–Crippen LogP) is 5.32. The summed E-state index contributed by atoms with van der Waals surface area (Å²) in [5.74, 6) is 4.18. The summed E-state index contributed by atoms with van der Waals surface area (Å²) in [4.78, 5) is 0. The Morgan fingerprint density at radius 2 is 1.50 bits per heavy atom. The van der Waals surface area contributed by atoms with Crippen LogP contribution in [0.2, 0.25) is 0 Å². The quantitative estimate of drug-likeness (QED) is 0.645. The molecular formula is C20H26. The van der Waals surface area contributed by atoms with Gasteiger partial charge >= 0.3 is 0 Å². The maximum Gasteiger partial charge on any atom is -0.0102 e. The van der Waals surface area contributed by atoms with Crippen molar-refractivity contribution in [3.8, 4) is 0 Å². The highest BCUT2D eigenvalue weighted by Gasteiger charge is 2.54. The molecule has 0 heterocycles. The van der Waals surface area contributed by atoms with Gasteiger partial charge in [0.05, 0.1) is 0 Å². The molecule has 0 N–H and O–H groups in total. The Kier molecular flexibility index (Phi) is 2.44. The number of rotatable bonds is 1. The highest BCUT2D eigenvalue weighted by atomic mass is 14.6. The van der Waals surface area contributed by atoms with Crippen LogP contribution in [0.25, 0.3) is 0 Å². The highest BCUT2D eigenvalue weighted by molar-refractivity contribution is 5.35. The Morgan fingerprint density at radius 3 is 2.20 bits per heavy atom. The molecule has 0 aliphatic heterocycles. The number of fused-ring (bicyclic) bond motifs is 1. The van der Waals surface area contributed by atoms with Crippen molar-refractivity contribution < 1.29 is 0 Å². The maximum atomic E-state index is 2.47. The second kappa shape index (κ2) is 4.12. The Hall–Kier alpha value is -0.780. The summed E-state index contributed by atoms with van der Waals surface area (Å²) in [5, 5.41) is 0. The Bertz CT molecular complexity index is 491. The molecule has 4 bridgehead atoms. The van der Waals surface area contributed by atoms with Crippen molar-refractivity contribution in [1.29, 1.82) is 0 Å². The van der Waals surface area contributed by atoms with Gasteiger partial charge in [-0.2, -0.15) is 0 Å². The van der Waals surface area contributed by atoms with Gasteiger partial charge in [0.2, 0.25) is 0 Å². The Morgan fingerprint density at radius 1 is 0.850 bits per heavy atom. The topological polar surface area (TPSA) is 0 Å². The van der Waals surface area contributed by atoms with Crippen molar-refractivity contribution in [2.45, 2.75) is 63.7 Å².